The first-order valence-electron chi connectivity index (χ1n) is 5.59. The Morgan fingerprint density at radius 2 is 2.11 bits per heavy atom. The topological polar surface area (TPSA) is 50.4 Å². The average molecular weight is 318 g/mol. The Hall–Kier alpha value is -1.11. The summed E-state index contributed by atoms with van der Waals surface area (Å²) in [5.74, 6) is 0.441. The first kappa shape index (κ1) is 15.9. The fraction of sp³-hybridized carbons (Fsp3) is 0.333. The van der Waals surface area contributed by atoms with Crippen LogP contribution in [0.4, 0.5) is 0 Å². The lowest BCUT2D eigenvalue weighted by molar-refractivity contribution is -0.123. The summed E-state index contributed by atoms with van der Waals surface area (Å²) in [6, 6.07) is 5.24. The quantitative estimate of drug-likeness (QED) is 0.474. The van der Waals surface area contributed by atoms with E-state index in [0.29, 0.717) is 28.2 Å². The number of hydrogen-bond acceptors (Lipinski definition) is 4. The molecule has 4 nitrogen and oxygen atoms in total. The Morgan fingerprint density at radius 3 is 2.74 bits per heavy atom. The summed E-state index contributed by atoms with van der Waals surface area (Å²) in [7, 11) is 0. The van der Waals surface area contributed by atoms with Gasteiger partial charge in [0.1, 0.15) is 5.75 Å². The maximum Gasteiger partial charge on any atom is 0.258 e. The third-order valence-corrected chi connectivity index (χ3v) is 2.74. The number of nitrogens with one attached hydrogen (secondary N) is 2. The molecule has 0 aliphatic carbocycles. The molecule has 0 bridgehead atoms. The van der Waals surface area contributed by atoms with E-state index in [0.717, 1.165) is 5.56 Å². The third-order valence-electron chi connectivity index (χ3n) is 2.21. The molecule has 0 unspecified atom stereocenters. The van der Waals surface area contributed by atoms with Crippen LogP contribution in [0.1, 0.15) is 5.56 Å². The maximum absolute atomic E-state index is 11.5. The molecule has 0 radical (unpaired) electrons. The van der Waals surface area contributed by atoms with Gasteiger partial charge in [0.05, 0.1) is 0 Å². The van der Waals surface area contributed by atoms with Gasteiger partial charge in [-0.3, -0.25) is 4.79 Å². The molecule has 0 spiro atoms. The fourth-order valence-corrected chi connectivity index (χ4v) is 1.77. The summed E-state index contributed by atoms with van der Waals surface area (Å²) in [5.41, 5.74) is 0.887. The second-order valence-electron chi connectivity index (χ2n) is 3.76. The highest BCUT2D eigenvalue weighted by molar-refractivity contribution is 8.00. The van der Waals surface area contributed by atoms with Gasteiger partial charge in [-0.15, -0.1) is 0 Å². The molecule has 0 aliphatic rings. The summed E-state index contributed by atoms with van der Waals surface area (Å²) in [4.78, 5) is 11.5. The summed E-state index contributed by atoms with van der Waals surface area (Å²) in [6.45, 7) is 2.78. The molecule has 0 aromatic heterocycles. The maximum atomic E-state index is 11.5. The molecule has 1 rings (SSSR count). The van der Waals surface area contributed by atoms with Crippen LogP contribution in [0.25, 0.3) is 0 Å². The van der Waals surface area contributed by atoms with Gasteiger partial charge in [0.25, 0.3) is 5.91 Å². The molecule has 2 N–H and O–H groups in total. The third kappa shape index (κ3) is 6.56. The van der Waals surface area contributed by atoms with Crippen molar-refractivity contribution in [3.05, 3.63) is 28.8 Å². The average Bonchev–Trinajstić information content (AvgIpc) is 2.33. The van der Waals surface area contributed by atoms with Gasteiger partial charge in [0, 0.05) is 18.1 Å². The normalized spacial score (nSPS) is 9.79. The highest BCUT2D eigenvalue weighted by Gasteiger charge is 2.04. The van der Waals surface area contributed by atoms with Crippen molar-refractivity contribution in [3.8, 4) is 5.75 Å². The van der Waals surface area contributed by atoms with Gasteiger partial charge in [-0.05, 0) is 30.7 Å². The molecule has 1 aromatic rings. The van der Waals surface area contributed by atoms with Crippen molar-refractivity contribution in [2.24, 2.45) is 0 Å². The fourth-order valence-electron chi connectivity index (χ4n) is 1.34. The van der Waals surface area contributed by atoms with Crippen LogP contribution in [0.15, 0.2) is 18.2 Å². The van der Waals surface area contributed by atoms with Crippen LogP contribution in [-0.2, 0) is 17.4 Å². The lowest BCUT2D eigenvalue weighted by Gasteiger charge is -2.11. The summed E-state index contributed by atoms with van der Waals surface area (Å²) in [6.07, 6.45) is 0. The summed E-state index contributed by atoms with van der Waals surface area (Å²) in [5, 5.41) is 6.09. The van der Waals surface area contributed by atoms with Crippen LogP contribution in [0.2, 0.25) is 5.02 Å². The van der Waals surface area contributed by atoms with Gasteiger partial charge in [0.15, 0.2) is 6.61 Å². The largest absolute Gasteiger partial charge is 0.484 e. The van der Waals surface area contributed by atoms with Crippen molar-refractivity contribution in [1.82, 2.24) is 10.6 Å². The lowest BCUT2D eigenvalue weighted by atomic mass is 10.2. The van der Waals surface area contributed by atoms with Crippen LogP contribution in [-0.4, -0.2) is 29.9 Å². The molecule has 0 saturated heterocycles. The van der Waals surface area contributed by atoms with Crippen molar-refractivity contribution < 1.29 is 9.53 Å². The summed E-state index contributed by atoms with van der Waals surface area (Å²) >= 11 is 15.2. The van der Waals surface area contributed by atoms with Gasteiger partial charge in [0.2, 0.25) is 0 Å². The van der Waals surface area contributed by atoms with E-state index in [9.17, 15) is 4.79 Å². The van der Waals surface area contributed by atoms with E-state index in [1.165, 1.54) is 0 Å². The standard InChI is InChI=1S/C12H15ClN2O2S2/c1-8-6-9(13)2-3-10(8)17-7-11(16)14-4-5-15-12(18)19/h2-3,6H,4-5,7H2,1H3,(H,14,16)(H2,15,18,19)/p-1. The molecule has 1 aromatic carbocycles. The number of carbonyl (C=O) groups is 1. The van der Waals surface area contributed by atoms with Crippen molar-refractivity contribution in [2.75, 3.05) is 19.7 Å². The molecular formula is C12H14ClN2O2S2-. The molecule has 1 amide bonds. The molecule has 0 saturated carbocycles. The number of carbonyl (C=O) groups excluding carboxylic acids is 1. The zero-order valence-electron chi connectivity index (χ0n) is 10.4. The zero-order chi connectivity index (χ0) is 14.3. The van der Waals surface area contributed by atoms with Crippen molar-refractivity contribution >= 4 is 46.7 Å². The first-order valence-corrected chi connectivity index (χ1v) is 6.79. The van der Waals surface area contributed by atoms with E-state index in [-0.39, 0.29) is 12.5 Å². The van der Waals surface area contributed by atoms with Crippen molar-refractivity contribution in [2.45, 2.75) is 6.92 Å². The van der Waals surface area contributed by atoms with Gasteiger partial charge < -0.3 is 40.2 Å². The van der Waals surface area contributed by atoms with Gasteiger partial charge in [-0.25, -0.2) is 0 Å². The number of halogens is 1. The molecule has 0 heterocycles. The second-order valence-corrected chi connectivity index (χ2v) is 5.27. The Balaban J connectivity index is 2.28. The molecule has 104 valence electrons. The molecule has 0 aliphatic heterocycles. The number of aryl methyl sites for hydroxylation is 1. The zero-order valence-corrected chi connectivity index (χ0v) is 12.8. The van der Waals surface area contributed by atoms with E-state index in [1.807, 2.05) is 6.92 Å². The highest BCUT2D eigenvalue weighted by Crippen LogP contribution is 2.21. The van der Waals surface area contributed by atoms with E-state index in [1.54, 1.807) is 18.2 Å². The van der Waals surface area contributed by atoms with Gasteiger partial charge >= 0.3 is 0 Å². The van der Waals surface area contributed by atoms with Crippen LogP contribution < -0.4 is 15.4 Å². The number of thiocarbonyl (C=S) groups is 1. The minimum Gasteiger partial charge on any atom is -0.484 e. The number of benzene rings is 1. The van der Waals surface area contributed by atoms with Crippen molar-refractivity contribution in [3.63, 3.8) is 0 Å². The Kier molecular flexibility index (Phi) is 6.83. The van der Waals surface area contributed by atoms with Crippen molar-refractivity contribution in [1.29, 1.82) is 0 Å². The molecular weight excluding hydrogens is 304 g/mol. The van der Waals surface area contributed by atoms with E-state index < -0.39 is 0 Å². The Bertz CT molecular complexity index is 469. The second kappa shape index (κ2) is 8.14. The van der Waals surface area contributed by atoms with Crippen LogP contribution in [0.3, 0.4) is 0 Å². The molecule has 0 fully saturated rings. The first-order chi connectivity index (χ1) is 8.99. The van der Waals surface area contributed by atoms with Gasteiger partial charge in [-0.1, -0.05) is 15.9 Å². The number of amides is 1. The monoisotopic (exact) mass is 317 g/mol. The van der Waals surface area contributed by atoms with E-state index >= 15 is 0 Å². The predicted molar refractivity (Wildman–Crippen MR) is 82.7 cm³/mol. The van der Waals surface area contributed by atoms with Crippen LogP contribution >= 0.6 is 23.8 Å². The molecule has 7 heteroatoms. The van der Waals surface area contributed by atoms with Gasteiger partial charge in [-0.2, -0.15) is 0 Å². The Morgan fingerprint density at radius 1 is 1.42 bits per heavy atom. The molecule has 19 heavy (non-hydrogen) atoms. The van der Waals surface area contributed by atoms with Crippen LogP contribution in [0.5, 0.6) is 5.75 Å². The highest BCUT2D eigenvalue weighted by atomic mass is 35.5. The number of hydrogen-bond donors (Lipinski definition) is 2. The predicted octanol–water partition coefficient (Wildman–Crippen LogP) is 1.56. The molecule has 0 atom stereocenters. The minimum absolute atomic E-state index is 0.0409. The number of rotatable bonds is 6. The smallest absolute Gasteiger partial charge is 0.258 e. The van der Waals surface area contributed by atoms with E-state index in [4.69, 9.17) is 16.3 Å². The Labute approximate surface area is 128 Å². The minimum atomic E-state index is -0.202. The summed E-state index contributed by atoms with van der Waals surface area (Å²) < 4.78 is 5.69. The van der Waals surface area contributed by atoms with E-state index in [2.05, 4.69) is 35.5 Å². The number of ether oxygens (including phenoxy) is 1. The SMILES string of the molecule is Cc1cc(Cl)ccc1OCC(=O)NCCNC(=S)[S-]. The van der Waals surface area contributed by atoms with Crippen LogP contribution in [0, 0.1) is 6.92 Å². The lowest BCUT2D eigenvalue weighted by Crippen LogP contribution is -2.35.